The van der Waals surface area contributed by atoms with Gasteiger partial charge in [0.2, 0.25) is 0 Å². The number of hydrogen-bond donors (Lipinski definition) is 1. The summed E-state index contributed by atoms with van der Waals surface area (Å²) in [6.45, 7) is 9.29. The van der Waals surface area contributed by atoms with Gasteiger partial charge in [-0.25, -0.2) is 13.7 Å². The third-order valence-electron chi connectivity index (χ3n) is 3.37. The van der Waals surface area contributed by atoms with Crippen LogP contribution in [0.15, 0.2) is 12.1 Å². The fourth-order valence-electron chi connectivity index (χ4n) is 2.13. The summed E-state index contributed by atoms with van der Waals surface area (Å²) in [5.74, 6) is 0.595. The fraction of sp³-hybridized carbons (Fsp3) is 0.588. The van der Waals surface area contributed by atoms with Gasteiger partial charge >= 0.3 is 5.97 Å². The lowest BCUT2D eigenvalue weighted by atomic mass is 10.00. The molecule has 6 nitrogen and oxygen atoms in total. The number of aryl methyl sites for hydroxylation is 1. The molecule has 0 bridgehead atoms. The number of carbonyl (C=O) groups is 1. The average Bonchev–Trinajstić information content (AvgIpc) is 2.51. The molecule has 1 unspecified atom stereocenters. The van der Waals surface area contributed by atoms with Gasteiger partial charge < -0.3 is 14.2 Å². The first-order valence-corrected chi connectivity index (χ1v) is 8.87. The molecule has 0 fully saturated rings. The zero-order valence-corrected chi connectivity index (χ0v) is 16.2. The number of methoxy groups -OCH3 is 2. The molecule has 0 saturated carbocycles. The van der Waals surface area contributed by atoms with Gasteiger partial charge in [-0.1, -0.05) is 0 Å². The summed E-state index contributed by atoms with van der Waals surface area (Å²) in [7, 11) is 1.62. The highest BCUT2D eigenvalue weighted by Crippen LogP contribution is 2.34. The van der Waals surface area contributed by atoms with Crippen LogP contribution in [-0.2, 0) is 20.5 Å². The molecule has 0 aliphatic rings. The van der Waals surface area contributed by atoms with Crippen molar-refractivity contribution in [3.8, 4) is 11.5 Å². The molecule has 136 valence electrons. The monoisotopic (exact) mass is 357 g/mol. The van der Waals surface area contributed by atoms with E-state index in [0.717, 1.165) is 5.56 Å². The second-order valence-electron chi connectivity index (χ2n) is 6.24. The van der Waals surface area contributed by atoms with Gasteiger partial charge in [-0.3, -0.25) is 0 Å². The third-order valence-corrected chi connectivity index (χ3v) is 4.93. The molecule has 0 spiro atoms. The smallest absolute Gasteiger partial charge is 0.328 e. The molecule has 2 atom stereocenters. The number of hydrogen-bond acceptors (Lipinski definition) is 5. The molecule has 0 saturated heterocycles. The predicted octanol–water partition coefficient (Wildman–Crippen LogP) is 2.67. The minimum atomic E-state index is -1.46. The van der Waals surface area contributed by atoms with Gasteiger partial charge in [0.05, 0.1) is 36.6 Å². The Morgan fingerprint density at radius 1 is 1.25 bits per heavy atom. The van der Waals surface area contributed by atoms with Crippen molar-refractivity contribution in [2.45, 2.75) is 45.4 Å². The minimum Gasteiger partial charge on any atom is -0.497 e. The van der Waals surface area contributed by atoms with Crippen LogP contribution in [-0.4, -0.2) is 35.8 Å². The van der Waals surface area contributed by atoms with Crippen molar-refractivity contribution in [3.63, 3.8) is 0 Å². The lowest BCUT2D eigenvalue weighted by molar-refractivity contribution is -0.145. The van der Waals surface area contributed by atoms with Gasteiger partial charge in [0.15, 0.2) is 0 Å². The van der Waals surface area contributed by atoms with Gasteiger partial charge in [0, 0.05) is 11.6 Å². The summed E-state index contributed by atoms with van der Waals surface area (Å²) in [5.41, 5.74) is 1.37. The molecule has 1 aromatic carbocycles. The van der Waals surface area contributed by atoms with Crippen LogP contribution in [0.25, 0.3) is 0 Å². The molecule has 0 heterocycles. The molecular formula is C17H27NO5S. The Labute approximate surface area is 146 Å². The Morgan fingerprint density at radius 2 is 1.88 bits per heavy atom. The zero-order valence-electron chi connectivity index (χ0n) is 15.4. The van der Waals surface area contributed by atoms with E-state index < -0.39 is 27.7 Å². The van der Waals surface area contributed by atoms with Crippen molar-refractivity contribution < 1.29 is 23.2 Å². The Hall–Kier alpha value is -1.60. The molecule has 0 aromatic heterocycles. The Balaban J connectivity index is 3.39. The van der Waals surface area contributed by atoms with Crippen molar-refractivity contribution in [2.24, 2.45) is 0 Å². The van der Waals surface area contributed by atoms with Crippen LogP contribution < -0.4 is 14.2 Å². The summed E-state index contributed by atoms with van der Waals surface area (Å²) >= 11 is 0. The van der Waals surface area contributed by atoms with E-state index in [1.807, 2.05) is 27.7 Å². The van der Waals surface area contributed by atoms with Crippen molar-refractivity contribution in [3.05, 3.63) is 23.3 Å². The molecule has 0 radical (unpaired) electrons. The van der Waals surface area contributed by atoms with E-state index >= 15 is 0 Å². The average molecular weight is 357 g/mol. The highest BCUT2D eigenvalue weighted by Gasteiger charge is 2.32. The Morgan fingerprint density at radius 3 is 2.33 bits per heavy atom. The van der Waals surface area contributed by atoms with E-state index in [1.54, 1.807) is 26.2 Å². The van der Waals surface area contributed by atoms with Gasteiger partial charge in [-0.05, 0) is 46.2 Å². The molecule has 7 heteroatoms. The Bertz CT molecular complexity index is 610. The normalized spacial score (nSPS) is 14.0. The Kier molecular flexibility index (Phi) is 7.23. The number of rotatable bonds is 7. The molecule has 1 aromatic rings. The molecule has 0 aliphatic heterocycles. The summed E-state index contributed by atoms with van der Waals surface area (Å²) in [6.07, 6.45) is 0. The first kappa shape index (κ1) is 20.4. The van der Waals surface area contributed by atoms with Gasteiger partial charge in [0.25, 0.3) is 0 Å². The first-order valence-electron chi connectivity index (χ1n) is 7.72. The highest BCUT2D eigenvalue weighted by molar-refractivity contribution is 7.84. The zero-order chi connectivity index (χ0) is 18.5. The summed E-state index contributed by atoms with van der Waals surface area (Å²) in [4.78, 5) is 12.5. The van der Waals surface area contributed by atoms with E-state index in [1.165, 1.54) is 7.11 Å². The number of benzene rings is 1. The molecular weight excluding hydrogens is 330 g/mol. The SMILES string of the molecule is CCOC(=O)[C@H](NS(=O)C(C)(C)C)c1c(C)cc(OC)cc1OC. The lowest BCUT2D eigenvalue weighted by Gasteiger charge is -2.25. The predicted molar refractivity (Wildman–Crippen MR) is 94.7 cm³/mol. The summed E-state index contributed by atoms with van der Waals surface area (Å²) in [6, 6.07) is 2.59. The maximum Gasteiger partial charge on any atom is 0.328 e. The summed E-state index contributed by atoms with van der Waals surface area (Å²) in [5, 5.41) is 0. The van der Waals surface area contributed by atoms with Crippen molar-refractivity contribution >= 4 is 17.0 Å². The molecule has 24 heavy (non-hydrogen) atoms. The molecule has 0 aliphatic carbocycles. The van der Waals surface area contributed by atoms with E-state index in [0.29, 0.717) is 17.1 Å². The largest absolute Gasteiger partial charge is 0.497 e. The standard InChI is InChI=1S/C17H27NO5S/c1-8-23-16(19)15(18-24(20)17(3,4)5)14-11(2)9-12(21-6)10-13(14)22-7/h9-10,15,18H,8H2,1-7H3/t15-,24?/m1/s1. The van der Waals surface area contributed by atoms with Crippen LogP contribution in [0.5, 0.6) is 11.5 Å². The molecule has 1 rings (SSSR count). The highest BCUT2D eigenvalue weighted by atomic mass is 32.2. The fourth-order valence-corrected chi connectivity index (χ4v) is 2.91. The molecule has 1 N–H and O–H groups in total. The van der Waals surface area contributed by atoms with Gasteiger partial charge in [-0.15, -0.1) is 0 Å². The van der Waals surface area contributed by atoms with E-state index in [2.05, 4.69) is 4.72 Å². The van der Waals surface area contributed by atoms with Crippen molar-refractivity contribution in [1.82, 2.24) is 4.72 Å². The minimum absolute atomic E-state index is 0.233. The number of carbonyl (C=O) groups excluding carboxylic acids is 1. The van der Waals surface area contributed by atoms with Crippen LogP contribution in [0.3, 0.4) is 0 Å². The van der Waals surface area contributed by atoms with Crippen LogP contribution in [0.4, 0.5) is 0 Å². The van der Waals surface area contributed by atoms with E-state index in [-0.39, 0.29) is 6.61 Å². The van der Waals surface area contributed by atoms with Crippen LogP contribution in [0.2, 0.25) is 0 Å². The lowest BCUT2D eigenvalue weighted by Crippen LogP contribution is -2.39. The van der Waals surface area contributed by atoms with Crippen LogP contribution in [0, 0.1) is 6.92 Å². The number of esters is 1. The maximum atomic E-state index is 12.5. The van der Waals surface area contributed by atoms with Gasteiger partial charge in [-0.2, -0.15) is 0 Å². The van der Waals surface area contributed by atoms with Gasteiger partial charge in [0.1, 0.15) is 17.5 Å². The van der Waals surface area contributed by atoms with Crippen molar-refractivity contribution in [1.29, 1.82) is 0 Å². The second kappa shape index (κ2) is 8.48. The van der Waals surface area contributed by atoms with Crippen molar-refractivity contribution in [2.75, 3.05) is 20.8 Å². The number of ether oxygens (including phenoxy) is 3. The molecule has 0 amide bonds. The van der Waals surface area contributed by atoms with E-state index in [9.17, 15) is 9.00 Å². The van der Waals surface area contributed by atoms with Crippen LogP contribution >= 0.6 is 0 Å². The second-order valence-corrected chi connectivity index (χ2v) is 8.24. The third kappa shape index (κ3) is 4.95. The van der Waals surface area contributed by atoms with Crippen LogP contribution in [0.1, 0.15) is 44.9 Å². The summed E-state index contributed by atoms with van der Waals surface area (Å²) < 4.78 is 30.7. The number of nitrogens with one attached hydrogen (secondary N) is 1. The first-order chi connectivity index (χ1) is 11.1. The quantitative estimate of drug-likeness (QED) is 0.760. The van der Waals surface area contributed by atoms with E-state index in [4.69, 9.17) is 14.2 Å². The maximum absolute atomic E-state index is 12.5. The topological polar surface area (TPSA) is 73.9 Å².